The van der Waals surface area contributed by atoms with Gasteiger partial charge in [-0.15, -0.1) is 11.8 Å². The Bertz CT molecular complexity index is 486. The predicted molar refractivity (Wildman–Crippen MR) is 90.9 cm³/mol. The van der Waals surface area contributed by atoms with Crippen molar-refractivity contribution in [2.24, 2.45) is 0 Å². The molecule has 0 spiro atoms. The maximum atomic E-state index is 12.4. The molecule has 1 saturated heterocycles. The van der Waals surface area contributed by atoms with E-state index >= 15 is 0 Å². The number of piperidine rings is 1. The Kier molecular flexibility index (Phi) is 6.16. The van der Waals surface area contributed by atoms with Crippen molar-refractivity contribution in [2.45, 2.75) is 63.8 Å². The summed E-state index contributed by atoms with van der Waals surface area (Å²) in [6, 6.07) is 7.03. The van der Waals surface area contributed by atoms with Crippen molar-refractivity contribution in [1.82, 2.24) is 4.90 Å². The molecule has 21 heavy (non-hydrogen) atoms. The lowest BCUT2D eigenvalue weighted by molar-refractivity contribution is -0.134. The molecule has 3 heteroatoms. The quantitative estimate of drug-likeness (QED) is 0.742. The first-order valence-electron chi connectivity index (χ1n) is 8.11. The standard InChI is InChI=1S/C18H27NOS/c1-4-16-7-5-6-11-19(16)18(20)10-12-21-17-9-8-14(2)15(3)13-17/h8-9,13,16H,4-7,10-12H2,1-3H3. The summed E-state index contributed by atoms with van der Waals surface area (Å²) < 4.78 is 0. The lowest BCUT2D eigenvalue weighted by atomic mass is 10.00. The van der Waals surface area contributed by atoms with Crippen molar-refractivity contribution in [3.05, 3.63) is 29.3 Å². The molecule has 1 atom stereocenters. The van der Waals surface area contributed by atoms with Gasteiger partial charge in [-0.3, -0.25) is 4.79 Å². The highest BCUT2D eigenvalue weighted by Gasteiger charge is 2.24. The summed E-state index contributed by atoms with van der Waals surface area (Å²) in [6.45, 7) is 7.43. The fraction of sp³-hybridized carbons (Fsp3) is 0.611. The van der Waals surface area contributed by atoms with Crippen molar-refractivity contribution in [3.8, 4) is 0 Å². The summed E-state index contributed by atoms with van der Waals surface area (Å²) in [6.07, 6.45) is 5.39. The van der Waals surface area contributed by atoms with Crippen molar-refractivity contribution < 1.29 is 4.79 Å². The minimum absolute atomic E-state index is 0.345. The van der Waals surface area contributed by atoms with Gasteiger partial charge in [0.1, 0.15) is 0 Å². The van der Waals surface area contributed by atoms with Crippen molar-refractivity contribution >= 4 is 17.7 Å². The van der Waals surface area contributed by atoms with E-state index < -0.39 is 0 Å². The minimum Gasteiger partial charge on any atom is -0.340 e. The molecule has 0 bridgehead atoms. The van der Waals surface area contributed by atoms with Crippen LogP contribution in [0.5, 0.6) is 0 Å². The highest BCUT2D eigenvalue weighted by atomic mass is 32.2. The van der Waals surface area contributed by atoms with Crippen LogP contribution in [0, 0.1) is 13.8 Å². The van der Waals surface area contributed by atoms with Gasteiger partial charge in [-0.2, -0.15) is 0 Å². The number of benzene rings is 1. The molecule has 2 rings (SSSR count). The highest BCUT2D eigenvalue weighted by Crippen LogP contribution is 2.24. The molecular weight excluding hydrogens is 278 g/mol. The third kappa shape index (κ3) is 4.50. The zero-order chi connectivity index (χ0) is 15.2. The van der Waals surface area contributed by atoms with Crippen LogP contribution in [0.25, 0.3) is 0 Å². The number of thioether (sulfide) groups is 1. The zero-order valence-corrected chi connectivity index (χ0v) is 14.3. The third-order valence-electron chi connectivity index (χ3n) is 4.48. The Hall–Kier alpha value is -0.960. The van der Waals surface area contributed by atoms with E-state index in [2.05, 4.69) is 43.9 Å². The van der Waals surface area contributed by atoms with Gasteiger partial charge in [0.05, 0.1) is 0 Å². The number of rotatable bonds is 5. The van der Waals surface area contributed by atoms with Gasteiger partial charge in [0.25, 0.3) is 0 Å². The van der Waals surface area contributed by atoms with Gasteiger partial charge in [0.2, 0.25) is 5.91 Å². The largest absolute Gasteiger partial charge is 0.340 e. The van der Waals surface area contributed by atoms with Gasteiger partial charge in [-0.1, -0.05) is 13.0 Å². The van der Waals surface area contributed by atoms with Gasteiger partial charge < -0.3 is 4.90 Å². The normalized spacial score (nSPS) is 18.8. The first-order valence-corrected chi connectivity index (χ1v) is 9.10. The van der Waals surface area contributed by atoms with Gasteiger partial charge >= 0.3 is 0 Å². The van der Waals surface area contributed by atoms with Crippen LogP contribution in [0.1, 0.15) is 50.2 Å². The predicted octanol–water partition coefficient (Wildman–Crippen LogP) is 4.58. The fourth-order valence-electron chi connectivity index (χ4n) is 2.96. The van der Waals surface area contributed by atoms with E-state index in [0.29, 0.717) is 18.4 Å². The number of amides is 1. The van der Waals surface area contributed by atoms with Crippen molar-refractivity contribution in [2.75, 3.05) is 12.3 Å². The van der Waals surface area contributed by atoms with E-state index in [9.17, 15) is 4.79 Å². The molecule has 0 aromatic heterocycles. The molecule has 0 N–H and O–H groups in total. The molecule has 1 unspecified atom stereocenters. The first-order chi connectivity index (χ1) is 10.1. The molecule has 0 aliphatic carbocycles. The molecule has 1 amide bonds. The van der Waals surface area contributed by atoms with Crippen LogP contribution in [-0.4, -0.2) is 29.1 Å². The van der Waals surface area contributed by atoms with E-state index in [0.717, 1.165) is 18.7 Å². The second-order valence-electron chi connectivity index (χ2n) is 5.99. The monoisotopic (exact) mass is 305 g/mol. The van der Waals surface area contributed by atoms with Gasteiger partial charge in [-0.25, -0.2) is 0 Å². The SMILES string of the molecule is CCC1CCCCN1C(=O)CCSc1ccc(C)c(C)c1. The minimum atomic E-state index is 0.345. The van der Waals surface area contributed by atoms with Crippen molar-refractivity contribution in [3.63, 3.8) is 0 Å². The summed E-state index contributed by atoms with van der Waals surface area (Å²) in [5.74, 6) is 1.23. The van der Waals surface area contributed by atoms with Crippen LogP contribution in [0.2, 0.25) is 0 Å². The number of hydrogen-bond donors (Lipinski definition) is 0. The third-order valence-corrected chi connectivity index (χ3v) is 5.48. The lowest BCUT2D eigenvalue weighted by Gasteiger charge is -2.35. The molecule has 1 heterocycles. The summed E-state index contributed by atoms with van der Waals surface area (Å²) in [5, 5.41) is 0. The van der Waals surface area contributed by atoms with Crippen LogP contribution >= 0.6 is 11.8 Å². The van der Waals surface area contributed by atoms with Gasteiger partial charge in [0.15, 0.2) is 0 Å². The van der Waals surface area contributed by atoms with Crippen LogP contribution in [0.3, 0.4) is 0 Å². The van der Waals surface area contributed by atoms with Crippen LogP contribution in [0.4, 0.5) is 0 Å². The molecule has 1 aromatic carbocycles. The molecule has 1 aliphatic rings. The smallest absolute Gasteiger partial charge is 0.223 e. The second kappa shape index (κ2) is 7.88. The average molecular weight is 305 g/mol. The number of likely N-dealkylation sites (tertiary alicyclic amines) is 1. The molecule has 2 nitrogen and oxygen atoms in total. The molecule has 1 fully saturated rings. The van der Waals surface area contributed by atoms with Crippen molar-refractivity contribution in [1.29, 1.82) is 0 Å². The molecule has 0 radical (unpaired) electrons. The van der Waals surface area contributed by atoms with Gasteiger partial charge in [0, 0.05) is 29.7 Å². The molecule has 1 aliphatic heterocycles. The lowest BCUT2D eigenvalue weighted by Crippen LogP contribution is -2.43. The van der Waals surface area contributed by atoms with Crippen LogP contribution < -0.4 is 0 Å². The van der Waals surface area contributed by atoms with E-state index in [-0.39, 0.29) is 0 Å². The second-order valence-corrected chi connectivity index (χ2v) is 7.16. The van der Waals surface area contributed by atoms with Gasteiger partial charge in [-0.05, 0) is 62.8 Å². The summed E-state index contributed by atoms with van der Waals surface area (Å²) in [5.41, 5.74) is 2.66. The number of aryl methyl sites for hydroxylation is 2. The Morgan fingerprint density at radius 3 is 2.81 bits per heavy atom. The fourth-order valence-corrected chi connectivity index (χ4v) is 3.89. The van der Waals surface area contributed by atoms with E-state index in [1.807, 2.05) is 0 Å². The number of hydrogen-bond acceptors (Lipinski definition) is 2. The van der Waals surface area contributed by atoms with E-state index in [4.69, 9.17) is 0 Å². The molecule has 116 valence electrons. The number of carbonyl (C=O) groups excluding carboxylic acids is 1. The maximum Gasteiger partial charge on any atom is 0.223 e. The van der Waals surface area contributed by atoms with E-state index in [1.54, 1.807) is 11.8 Å². The zero-order valence-electron chi connectivity index (χ0n) is 13.5. The maximum absolute atomic E-state index is 12.4. The first kappa shape index (κ1) is 16.4. The molecular formula is C18H27NOS. The summed E-state index contributed by atoms with van der Waals surface area (Å²) >= 11 is 1.80. The Morgan fingerprint density at radius 2 is 2.10 bits per heavy atom. The Balaban J connectivity index is 1.82. The van der Waals surface area contributed by atoms with Crippen LogP contribution in [-0.2, 0) is 4.79 Å². The van der Waals surface area contributed by atoms with E-state index in [1.165, 1.54) is 35.3 Å². The molecule has 0 saturated carbocycles. The average Bonchev–Trinajstić information content (AvgIpc) is 2.50. The Morgan fingerprint density at radius 1 is 1.29 bits per heavy atom. The number of nitrogens with zero attached hydrogens (tertiary/aromatic N) is 1. The Labute approximate surface area is 133 Å². The molecule has 1 aromatic rings. The topological polar surface area (TPSA) is 20.3 Å². The number of carbonyl (C=O) groups is 1. The van der Waals surface area contributed by atoms with Crippen LogP contribution in [0.15, 0.2) is 23.1 Å². The summed E-state index contributed by atoms with van der Waals surface area (Å²) in [7, 11) is 0. The highest BCUT2D eigenvalue weighted by molar-refractivity contribution is 7.99. The summed E-state index contributed by atoms with van der Waals surface area (Å²) in [4.78, 5) is 15.8.